The molecule has 1 aliphatic heterocycles. The van der Waals surface area contributed by atoms with Crippen molar-refractivity contribution in [3.8, 4) is 11.5 Å². The molecule has 7 heteroatoms. The Morgan fingerprint density at radius 3 is 2.59 bits per heavy atom. The number of ketones is 1. The van der Waals surface area contributed by atoms with E-state index >= 15 is 0 Å². The summed E-state index contributed by atoms with van der Waals surface area (Å²) in [6.45, 7) is 1.98. The van der Waals surface area contributed by atoms with Crippen LogP contribution in [0.4, 0.5) is 0 Å². The van der Waals surface area contributed by atoms with Gasteiger partial charge in [0, 0.05) is 18.9 Å². The minimum atomic E-state index is -0.613. The van der Waals surface area contributed by atoms with Crippen molar-refractivity contribution in [3.63, 3.8) is 0 Å². The summed E-state index contributed by atoms with van der Waals surface area (Å²) >= 11 is 0. The summed E-state index contributed by atoms with van der Waals surface area (Å²) in [7, 11) is 1.33. The van der Waals surface area contributed by atoms with E-state index in [-0.39, 0.29) is 29.8 Å². The molecule has 1 aliphatic rings. The number of esters is 2. The van der Waals surface area contributed by atoms with Gasteiger partial charge in [-0.15, -0.1) is 0 Å². The number of methoxy groups -OCH3 is 1. The van der Waals surface area contributed by atoms with E-state index in [1.807, 2.05) is 6.08 Å². The molecule has 3 rings (SSSR count). The topological polar surface area (TPSA) is 99.1 Å². The zero-order chi connectivity index (χ0) is 24.5. The lowest BCUT2D eigenvalue weighted by Crippen LogP contribution is -2.17. The average Bonchev–Trinajstić information content (AvgIpc) is 2.81. The van der Waals surface area contributed by atoms with E-state index in [2.05, 4.69) is 0 Å². The Balaban J connectivity index is 1.80. The molecule has 0 aromatic heterocycles. The monoisotopic (exact) mass is 466 g/mol. The van der Waals surface area contributed by atoms with Gasteiger partial charge in [-0.1, -0.05) is 24.3 Å². The molecular formula is C27H30O7. The number of carbonyl (C=O) groups is 3. The average molecular weight is 467 g/mol. The molecule has 0 unspecified atom stereocenters. The number of aromatic hydroxyl groups is 1. The maximum Gasteiger partial charge on any atom is 0.342 e. The molecule has 0 bridgehead atoms. The van der Waals surface area contributed by atoms with Gasteiger partial charge in [0.1, 0.15) is 29.5 Å². The highest BCUT2D eigenvalue weighted by Gasteiger charge is 2.21. The predicted molar refractivity (Wildman–Crippen MR) is 127 cm³/mol. The first-order chi connectivity index (χ1) is 16.4. The minimum Gasteiger partial charge on any atom is -0.507 e. The lowest BCUT2D eigenvalue weighted by Gasteiger charge is -2.16. The summed E-state index contributed by atoms with van der Waals surface area (Å²) < 4.78 is 16.1. The number of Topliss-reactive ketones (excluding diaryl/α,β-unsaturated/α-hetero) is 1. The number of cyclic esters (lactones) is 1. The van der Waals surface area contributed by atoms with Crippen LogP contribution in [0, 0.1) is 0 Å². The fourth-order valence-electron chi connectivity index (χ4n) is 3.72. The molecule has 180 valence electrons. The molecule has 1 atom stereocenters. The van der Waals surface area contributed by atoms with Crippen molar-refractivity contribution in [1.29, 1.82) is 0 Å². The Bertz CT molecular complexity index is 1050. The van der Waals surface area contributed by atoms with Crippen molar-refractivity contribution < 1.29 is 33.7 Å². The Hall–Kier alpha value is -3.61. The van der Waals surface area contributed by atoms with Crippen molar-refractivity contribution in [2.75, 3.05) is 7.11 Å². The van der Waals surface area contributed by atoms with Gasteiger partial charge in [-0.25, -0.2) is 9.59 Å². The summed E-state index contributed by atoms with van der Waals surface area (Å²) in [5, 5.41) is 10.6. The van der Waals surface area contributed by atoms with Gasteiger partial charge >= 0.3 is 11.9 Å². The first-order valence-electron chi connectivity index (χ1n) is 11.4. The van der Waals surface area contributed by atoms with Gasteiger partial charge in [0.2, 0.25) is 0 Å². The third-order valence-electron chi connectivity index (χ3n) is 5.60. The lowest BCUT2D eigenvalue weighted by atomic mass is 10.0. The van der Waals surface area contributed by atoms with Crippen LogP contribution in [0.3, 0.4) is 0 Å². The molecule has 2 aromatic rings. The highest BCUT2D eigenvalue weighted by molar-refractivity contribution is 5.97. The Morgan fingerprint density at radius 2 is 1.85 bits per heavy atom. The van der Waals surface area contributed by atoms with Crippen LogP contribution in [-0.4, -0.2) is 36.0 Å². The molecule has 0 fully saturated rings. The molecule has 2 aromatic carbocycles. The van der Waals surface area contributed by atoms with Gasteiger partial charge in [0.15, 0.2) is 0 Å². The van der Waals surface area contributed by atoms with Crippen molar-refractivity contribution in [2.45, 2.75) is 58.2 Å². The number of hydrogen-bond acceptors (Lipinski definition) is 7. The van der Waals surface area contributed by atoms with Crippen molar-refractivity contribution in [2.24, 2.45) is 0 Å². The second kappa shape index (κ2) is 12.0. The SMILES string of the molecule is COC(=O)c1ccc(COc2cc(O)c3c(c2)C=CCCCC(=O)CCC[C@H](C)OC3=O)cc1. The van der Waals surface area contributed by atoms with Gasteiger partial charge < -0.3 is 19.3 Å². The first-order valence-corrected chi connectivity index (χ1v) is 11.4. The Kier molecular flexibility index (Phi) is 8.85. The summed E-state index contributed by atoms with van der Waals surface area (Å²) in [5.74, 6) is -0.649. The quantitative estimate of drug-likeness (QED) is 0.615. The fraction of sp³-hybridized carbons (Fsp3) is 0.370. The largest absolute Gasteiger partial charge is 0.507 e. The number of hydrogen-bond donors (Lipinski definition) is 1. The first kappa shape index (κ1) is 25.0. The van der Waals surface area contributed by atoms with Crippen molar-refractivity contribution in [1.82, 2.24) is 0 Å². The summed E-state index contributed by atoms with van der Waals surface area (Å²) in [6.07, 6.45) is 6.91. The highest BCUT2D eigenvalue weighted by atomic mass is 16.5. The third kappa shape index (κ3) is 6.94. The van der Waals surface area contributed by atoms with Crippen LogP contribution in [0.2, 0.25) is 0 Å². The minimum absolute atomic E-state index is 0.0889. The molecule has 0 saturated heterocycles. The highest BCUT2D eigenvalue weighted by Crippen LogP contribution is 2.31. The van der Waals surface area contributed by atoms with Crippen LogP contribution < -0.4 is 4.74 Å². The summed E-state index contributed by atoms with van der Waals surface area (Å²) in [5.41, 5.74) is 1.83. The van der Waals surface area contributed by atoms with Gasteiger partial charge in [-0.3, -0.25) is 4.79 Å². The van der Waals surface area contributed by atoms with Gasteiger partial charge in [0.25, 0.3) is 0 Å². The number of fused-ring (bicyclic) bond motifs is 1. The third-order valence-corrected chi connectivity index (χ3v) is 5.60. The molecule has 0 amide bonds. The second-order valence-electron chi connectivity index (χ2n) is 8.33. The van der Waals surface area contributed by atoms with E-state index in [0.29, 0.717) is 49.0 Å². The fourth-order valence-corrected chi connectivity index (χ4v) is 3.72. The normalized spacial score (nSPS) is 17.3. The van der Waals surface area contributed by atoms with Gasteiger partial charge in [0.05, 0.1) is 18.8 Å². The van der Waals surface area contributed by atoms with Crippen LogP contribution in [0.25, 0.3) is 6.08 Å². The summed E-state index contributed by atoms with van der Waals surface area (Å²) in [6, 6.07) is 9.88. The number of phenolic OH excluding ortho intramolecular Hbond substituents is 1. The lowest BCUT2D eigenvalue weighted by molar-refractivity contribution is -0.119. The van der Waals surface area contributed by atoms with Crippen molar-refractivity contribution >= 4 is 23.8 Å². The number of carbonyl (C=O) groups excluding carboxylic acids is 3. The molecule has 1 N–H and O–H groups in total. The standard InChI is InChI=1S/C27H30O7/c1-18-7-6-10-22(28)9-5-3-4-8-21-15-23(16-24(29)25(21)27(31)34-18)33-17-19-11-13-20(14-12-19)26(30)32-2/h4,8,11-16,18,29H,3,5-7,9-10,17H2,1-2H3/t18-/m0/s1. The molecule has 7 nitrogen and oxygen atoms in total. The smallest absolute Gasteiger partial charge is 0.342 e. The van der Waals surface area contributed by atoms with Gasteiger partial charge in [-0.2, -0.15) is 0 Å². The molecular weight excluding hydrogens is 436 g/mol. The van der Waals surface area contributed by atoms with E-state index in [0.717, 1.165) is 12.0 Å². The van der Waals surface area contributed by atoms with Crippen LogP contribution in [0.1, 0.15) is 77.3 Å². The molecule has 0 aliphatic carbocycles. The molecule has 0 saturated carbocycles. The molecule has 1 heterocycles. The number of benzene rings is 2. The van der Waals surface area contributed by atoms with Crippen LogP contribution in [-0.2, 0) is 20.9 Å². The molecule has 34 heavy (non-hydrogen) atoms. The zero-order valence-electron chi connectivity index (χ0n) is 19.5. The number of allylic oxidation sites excluding steroid dienone is 1. The molecule has 0 spiro atoms. The van der Waals surface area contributed by atoms with Crippen LogP contribution in [0.15, 0.2) is 42.5 Å². The number of phenols is 1. The second-order valence-corrected chi connectivity index (χ2v) is 8.33. The van der Waals surface area contributed by atoms with Crippen molar-refractivity contribution in [3.05, 3.63) is 64.7 Å². The maximum atomic E-state index is 12.8. The number of ether oxygens (including phenoxy) is 3. The van der Waals surface area contributed by atoms with E-state index in [9.17, 15) is 19.5 Å². The zero-order valence-corrected chi connectivity index (χ0v) is 19.5. The van der Waals surface area contributed by atoms with E-state index < -0.39 is 11.9 Å². The van der Waals surface area contributed by atoms with E-state index in [1.54, 1.807) is 43.3 Å². The number of rotatable bonds is 4. The maximum absolute atomic E-state index is 12.8. The van der Waals surface area contributed by atoms with Gasteiger partial charge in [-0.05, 0) is 61.9 Å². The molecule has 0 radical (unpaired) electrons. The summed E-state index contributed by atoms with van der Waals surface area (Å²) in [4.78, 5) is 36.3. The Morgan fingerprint density at radius 1 is 1.12 bits per heavy atom. The van der Waals surface area contributed by atoms with Crippen LogP contribution in [0.5, 0.6) is 11.5 Å². The predicted octanol–water partition coefficient (Wildman–Crippen LogP) is 5.24. The van der Waals surface area contributed by atoms with E-state index in [4.69, 9.17) is 14.2 Å². The Labute approximate surface area is 199 Å². The van der Waals surface area contributed by atoms with E-state index in [1.165, 1.54) is 13.2 Å². The van der Waals surface area contributed by atoms with Crippen LogP contribution >= 0.6 is 0 Å².